The fourth-order valence-corrected chi connectivity index (χ4v) is 9.06. The summed E-state index contributed by atoms with van der Waals surface area (Å²) < 4.78 is 11.2. The third kappa shape index (κ3) is 6.52. The van der Waals surface area contributed by atoms with E-state index in [1.54, 1.807) is 0 Å². The molecule has 2 fully saturated rings. The fraction of sp³-hybridized carbons (Fsp3) is 0.356. The van der Waals surface area contributed by atoms with Gasteiger partial charge in [-0.15, -0.1) is 0 Å². The molecule has 0 aliphatic carbocycles. The molecular formula is C45H48N8O5. The van der Waals surface area contributed by atoms with Crippen LogP contribution in [0, 0.1) is 5.92 Å². The van der Waals surface area contributed by atoms with Gasteiger partial charge in [-0.25, -0.2) is 14.8 Å². The quantitative estimate of drug-likeness (QED) is 0.123. The number of fused-ring (bicyclic) bond motifs is 6. The Kier molecular flexibility index (Phi) is 9.63. The van der Waals surface area contributed by atoms with Crippen LogP contribution in [-0.2, 0) is 20.9 Å². The minimum atomic E-state index is -0.725. The van der Waals surface area contributed by atoms with E-state index in [9.17, 15) is 14.4 Å². The smallest absolute Gasteiger partial charge is 0.407 e. The van der Waals surface area contributed by atoms with Crippen molar-refractivity contribution in [3.8, 4) is 28.1 Å². The van der Waals surface area contributed by atoms with Crippen LogP contribution in [0.3, 0.4) is 0 Å². The van der Waals surface area contributed by atoms with Crippen LogP contribution in [0.4, 0.5) is 4.79 Å². The number of alkyl carbamates (subject to hydrolysis) is 1. The molecule has 13 nitrogen and oxygen atoms in total. The Morgan fingerprint density at radius 2 is 1.76 bits per heavy atom. The number of benzene rings is 4. The number of nitrogens with zero attached hydrogens (tertiary/aromatic N) is 4. The average molecular weight is 781 g/mol. The fourth-order valence-electron chi connectivity index (χ4n) is 9.06. The number of hydrogen-bond acceptors (Lipinski definition) is 8. The van der Waals surface area contributed by atoms with Crippen LogP contribution in [0.25, 0.3) is 44.2 Å². The lowest BCUT2D eigenvalue weighted by molar-refractivity contribution is -0.137. The summed E-state index contributed by atoms with van der Waals surface area (Å²) in [5.41, 5.74) is 14.0. The Balaban J connectivity index is 0.963. The van der Waals surface area contributed by atoms with Gasteiger partial charge in [0.15, 0.2) is 0 Å². The summed E-state index contributed by atoms with van der Waals surface area (Å²) in [4.78, 5) is 60.2. The topological polar surface area (TPSA) is 172 Å². The van der Waals surface area contributed by atoms with Crippen molar-refractivity contribution in [2.75, 3.05) is 13.7 Å². The molecule has 58 heavy (non-hydrogen) atoms. The van der Waals surface area contributed by atoms with E-state index in [1.807, 2.05) is 67.1 Å². The van der Waals surface area contributed by atoms with Crippen LogP contribution in [-0.4, -0.2) is 73.4 Å². The first-order valence-electron chi connectivity index (χ1n) is 20.1. The molecule has 2 aromatic heterocycles. The van der Waals surface area contributed by atoms with Gasteiger partial charge in [0.05, 0.1) is 42.1 Å². The minimum Gasteiger partial charge on any atom is -0.488 e. The Hall–Kier alpha value is -6.21. The Bertz CT molecular complexity index is 2550. The van der Waals surface area contributed by atoms with Crippen molar-refractivity contribution >= 4 is 39.7 Å². The van der Waals surface area contributed by atoms with Crippen LogP contribution >= 0.6 is 0 Å². The third-order valence-corrected chi connectivity index (χ3v) is 12.2. The highest BCUT2D eigenvalue weighted by molar-refractivity contribution is 6.07. The molecule has 13 heteroatoms. The number of likely N-dealkylation sites (tertiary alicyclic amines) is 2. The Morgan fingerprint density at radius 1 is 0.931 bits per heavy atom. The molecule has 0 radical (unpaired) electrons. The highest BCUT2D eigenvalue weighted by Crippen LogP contribution is 2.44. The zero-order valence-corrected chi connectivity index (χ0v) is 33.1. The molecule has 5 heterocycles. The van der Waals surface area contributed by atoms with Crippen molar-refractivity contribution < 1.29 is 23.9 Å². The van der Waals surface area contributed by atoms with Gasteiger partial charge in [0.25, 0.3) is 0 Å². The number of aromatic nitrogens is 4. The molecule has 5 N–H and O–H groups in total. The minimum absolute atomic E-state index is 0.00656. The Morgan fingerprint density at radius 3 is 2.55 bits per heavy atom. The van der Waals surface area contributed by atoms with Crippen LogP contribution in [0.2, 0.25) is 0 Å². The van der Waals surface area contributed by atoms with Crippen molar-refractivity contribution in [1.82, 2.24) is 35.1 Å². The molecule has 9 rings (SSSR count). The number of carbonyl (C=O) groups excluding carboxylic acids is 3. The first-order valence-corrected chi connectivity index (χ1v) is 20.1. The monoisotopic (exact) mass is 780 g/mol. The van der Waals surface area contributed by atoms with Crippen LogP contribution in [0.15, 0.2) is 79.0 Å². The van der Waals surface area contributed by atoms with Crippen molar-refractivity contribution in [1.29, 1.82) is 0 Å². The number of hydrogen-bond donors (Lipinski definition) is 4. The van der Waals surface area contributed by atoms with Crippen molar-refractivity contribution in [2.24, 2.45) is 11.7 Å². The number of nitrogens with two attached hydrogens (primary N) is 1. The number of H-pyrrole nitrogens is 2. The van der Waals surface area contributed by atoms with Gasteiger partial charge >= 0.3 is 6.09 Å². The predicted octanol–water partition coefficient (Wildman–Crippen LogP) is 7.46. The molecule has 298 valence electrons. The first-order chi connectivity index (χ1) is 28.1. The van der Waals surface area contributed by atoms with E-state index in [0.717, 1.165) is 98.4 Å². The van der Waals surface area contributed by atoms with Gasteiger partial charge in [0, 0.05) is 23.5 Å². The molecular weight excluding hydrogens is 733 g/mol. The molecule has 2 saturated heterocycles. The standard InChI is InChI=1S/C45H48N8O5/c1-24(2)39(51-45(56)57-4)44(55)53-25(3)12-17-36(53)41-47-22-34(49-41)28-13-15-30-29(19-28)23-58-37-21-31-27(20-32(30)37)14-16-33-40(31)50-42(48-33)35-11-8-18-52(35)43(54)38(46)26-9-6-5-7-10-26/h5-7,9-10,13-16,19-22,24-25,35-36,38-39H,8,11-12,17-18,23,46H2,1-4H3,(H,47,49)(H,48,50)(H,51,56). The molecule has 3 amide bonds. The molecule has 0 bridgehead atoms. The van der Waals surface area contributed by atoms with E-state index in [0.29, 0.717) is 13.2 Å². The maximum atomic E-state index is 13.8. The molecule has 0 saturated carbocycles. The number of amides is 3. The third-order valence-electron chi connectivity index (χ3n) is 12.2. The number of ether oxygens (including phenoxy) is 2. The largest absolute Gasteiger partial charge is 0.488 e. The van der Waals surface area contributed by atoms with E-state index in [4.69, 9.17) is 25.2 Å². The summed E-state index contributed by atoms with van der Waals surface area (Å²) in [6.07, 6.45) is 4.49. The zero-order chi connectivity index (χ0) is 40.2. The number of nitrogens with one attached hydrogen (secondary N) is 3. The molecule has 3 aliphatic heterocycles. The highest BCUT2D eigenvalue weighted by atomic mass is 16.5. The van der Waals surface area contributed by atoms with Crippen molar-refractivity contribution in [3.63, 3.8) is 0 Å². The Labute approximate surface area is 336 Å². The molecule has 5 unspecified atom stereocenters. The second kappa shape index (κ2) is 14.9. The van der Waals surface area contributed by atoms with Crippen LogP contribution in [0.5, 0.6) is 5.75 Å². The number of rotatable bonds is 8. The van der Waals surface area contributed by atoms with Gasteiger partial charge in [-0.1, -0.05) is 62.4 Å². The molecule has 3 aliphatic rings. The van der Waals surface area contributed by atoms with Gasteiger partial charge < -0.3 is 40.3 Å². The van der Waals surface area contributed by atoms with Gasteiger partial charge in [-0.05, 0) is 90.4 Å². The summed E-state index contributed by atoms with van der Waals surface area (Å²) in [6.45, 7) is 6.90. The summed E-state index contributed by atoms with van der Waals surface area (Å²) in [6, 6.07) is 22.4. The van der Waals surface area contributed by atoms with E-state index < -0.39 is 18.2 Å². The maximum Gasteiger partial charge on any atom is 0.407 e. The molecule has 6 aromatic rings. The van der Waals surface area contributed by atoms with E-state index >= 15 is 0 Å². The van der Waals surface area contributed by atoms with E-state index in [1.165, 1.54) is 7.11 Å². The van der Waals surface area contributed by atoms with E-state index in [2.05, 4.69) is 57.7 Å². The van der Waals surface area contributed by atoms with Gasteiger partial charge in [0.1, 0.15) is 36.1 Å². The average Bonchev–Trinajstić information content (AvgIpc) is 4.07. The lowest BCUT2D eigenvalue weighted by atomic mass is 9.92. The zero-order valence-electron chi connectivity index (χ0n) is 33.1. The summed E-state index contributed by atoms with van der Waals surface area (Å²) >= 11 is 0. The highest BCUT2D eigenvalue weighted by Gasteiger charge is 2.41. The van der Waals surface area contributed by atoms with E-state index in [-0.39, 0.29) is 35.9 Å². The normalized spacial score (nSPS) is 19.9. The molecule has 4 aromatic carbocycles. The molecule has 5 atom stereocenters. The summed E-state index contributed by atoms with van der Waals surface area (Å²) in [5, 5.41) is 4.75. The predicted molar refractivity (Wildman–Crippen MR) is 220 cm³/mol. The second-order valence-electron chi connectivity index (χ2n) is 16.1. The number of methoxy groups -OCH3 is 1. The van der Waals surface area contributed by atoms with Crippen molar-refractivity contribution in [3.05, 3.63) is 102 Å². The second-order valence-corrected chi connectivity index (χ2v) is 16.1. The molecule has 0 spiro atoms. The number of aromatic amines is 2. The van der Waals surface area contributed by atoms with Crippen LogP contribution in [0.1, 0.15) is 87.4 Å². The lowest BCUT2D eigenvalue weighted by Gasteiger charge is -2.32. The number of carbonyl (C=O) groups is 3. The van der Waals surface area contributed by atoms with Crippen molar-refractivity contribution in [2.45, 2.75) is 83.3 Å². The van der Waals surface area contributed by atoms with Gasteiger partial charge in [-0.3, -0.25) is 9.59 Å². The van der Waals surface area contributed by atoms with Crippen LogP contribution < -0.4 is 15.8 Å². The SMILES string of the molecule is COC(=O)NC(C(=O)N1C(C)CCC1c1ncc(-c2ccc3c(c2)COc2cc4c(ccc5[nH]c(C6CCCN6C(=O)C(N)c6ccccc6)nc54)cc2-3)[nH]1)C(C)C. The lowest BCUT2D eigenvalue weighted by Crippen LogP contribution is -2.52. The van der Waals surface area contributed by atoms with Gasteiger partial charge in [0.2, 0.25) is 11.8 Å². The first kappa shape index (κ1) is 37.4. The number of imidazole rings is 2. The summed E-state index contributed by atoms with van der Waals surface area (Å²) in [5.74, 6) is 1.92. The summed E-state index contributed by atoms with van der Waals surface area (Å²) in [7, 11) is 1.30. The maximum absolute atomic E-state index is 13.8. The van der Waals surface area contributed by atoms with Gasteiger partial charge in [-0.2, -0.15) is 0 Å².